The van der Waals surface area contributed by atoms with Crippen LogP contribution in [0.15, 0.2) is 0 Å². The molecule has 19 heavy (non-hydrogen) atoms. The van der Waals surface area contributed by atoms with E-state index in [2.05, 4.69) is 4.89 Å². The number of alkyl halides is 3. The van der Waals surface area contributed by atoms with Crippen molar-refractivity contribution in [2.24, 2.45) is 17.8 Å². The maximum atomic E-state index is 12.2. The third-order valence-corrected chi connectivity index (χ3v) is 5.46. The lowest BCUT2D eigenvalue weighted by Crippen LogP contribution is -2.51. The summed E-state index contributed by atoms with van der Waals surface area (Å²) >= 11 is 0. The summed E-state index contributed by atoms with van der Waals surface area (Å²) in [7, 11) is -5.54. The maximum absolute atomic E-state index is 12.2. The molecule has 0 unspecified atom stereocenters. The second-order valence-corrected chi connectivity index (χ2v) is 7.75. The third-order valence-electron chi connectivity index (χ3n) is 4.60. The van der Waals surface area contributed by atoms with Crippen LogP contribution in [-0.4, -0.2) is 19.5 Å². The maximum Gasteiger partial charge on any atom is 0.481 e. The van der Waals surface area contributed by atoms with E-state index in [0.29, 0.717) is 37.0 Å². The summed E-state index contributed by atoms with van der Waals surface area (Å²) < 4.78 is 58.5. The van der Waals surface area contributed by atoms with Crippen LogP contribution in [0.4, 0.5) is 13.2 Å². The van der Waals surface area contributed by atoms with Crippen molar-refractivity contribution in [1.82, 2.24) is 0 Å². The first-order valence-corrected chi connectivity index (χ1v) is 7.85. The molecule has 4 aliphatic rings. The first-order chi connectivity index (χ1) is 8.69. The molecule has 4 nitrogen and oxygen atoms in total. The van der Waals surface area contributed by atoms with Gasteiger partial charge in [0.2, 0.25) is 0 Å². The summed E-state index contributed by atoms with van der Waals surface area (Å²) in [5, 5.41) is 0. The van der Waals surface area contributed by atoms with E-state index in [-0.39, 0.29) is 0 Å². The monoisotopic (exact) mass is 298 g/mol. The molecule has 0 aromatic carbocycles. The van der Waals surface area contributed by atoms with Crippen LogP contribution in [0.1, 0.15) is 38.5 Å². The highest BCUT2D eigenvalue weighted by molar-refractivity contribution is 7.94. The number of hydrogen-bond acceptors (Lipinski definition) is 3. The minimum Gasteiger partial charge on any atom is -0.466 e. The van der Waals surface area contributed by atoms with Crippen molar-refractivity contribution in [2.75, 3.05) is 0 Å². The van der Waals surface area contributed by atoms with E-state index in [1.807, 2.05) is 0 Å². The van der Waals surface area contributed by atoms with Crippen LogP contribution < -0.4 is 0 Å². The molecule has 0 atom stereocenters. The average molecular weight is 298 g/mol. The van der Waals surface area contributed by atoms with Gasteiger partial charge in [-0.15, -0.1) is 0 Å². The van der Waals surface area contributed by atoms with E-state index >= 15 is 0 Å². The van der Waals surface area contributed by atoms with Gasteiger partial charge in [-0.1, -0.05) is 0 Å². The van der Waals surface area contributed by atoms with Gasteiger partial charge in [-0.05, 0) is 56.3 Å². The predicted octanol–water partition coefficient (Wildman–Crippen LogP) is 3.11. The van der Waals surface area contributed by atoms with E-state index in [9.17, 15) is 21.6 Å². The van der Waals surface area contributed by atoms with Gasteiger partial charge >= 0.3 is 5.51 Å². The molecule has 0 amide bonds. The van der Waals surface area contributed by atoms with Gasteiger partial charge in [0.05, 0.1) is 0 Å². The molecule has 4 aliphatic carbocycles. The first-order valence-electron chi connectivity index (χ1n) is 6.41. The predicted molar refractivity (Wildman–Crippen MR) is 60.3 cm³/mol. The molecule has 0 N–H and O–H groups in total. The van der Waals surface area contributed by atoms with E-state index in [1.165, 1.54) is 0 Å². The van der Waals surface area contributed by atoms with Crippen molar-refractivity contribution in [3.63, 3.8) is 0 Å². The molecule has 0 heterocycles. The summed E-state index contributed by atoms with van der Waals surface area (Å²) in [4.78, 5) is 7.52. The van der Waals surface area contributed by atoms with Crippen molar-refractivity contribution in [1.29, 1.82) is 0 Å². The number of hydrogen-bond donors (Lipinski definition) is 0. The van der Waals surface area contributed by atoms with Gasteiger partial charge < -0.3 is 9.72 Å². The Bertz CT molecular complexity index is 439. The molecule has 110 valence electrons. The zero-order valence-electron chi connectivity index (χ0n) is 10.2. The summed E-state index contributed by atoms with van der Waals surface area (Å²) in [5.74, 6) is 1.36. The quantitative estimate of drug-likeness (QED) is 0.752. The van der Waals surface area contributed by atoms with Crippen molar-refractivity contribution in [3.8, 4) is 0 Å². The Kier molecular flexibility index (Phi) is 2.93. The molecule has 8 heteroatoms. The molecular formula is C11H15F3NO3S-. The topological polar surface area (TPSA) is 57.5 Å². The third kappa shape index (κ3) is 2.38. The van der Waals surface area contributed by atoms with E-state index < -0.39 is 21.1 Å². The molecule has 0 saturated heterocycles. The van der Waals surface area contributed by atoms with Crippen molar-refractivity contribution < 1.29 is 26.4 Å². The van der Waals surface area contributed by atoms with Crippen LogP contribution in [0.3, 0.4) is 0 Å². The first kappa shape index (κ1) is 13.6. The van der Waals surface area contributed by atoms with E-state index in [4.69, 9.17) is 4.84 Å². The number of nitrogens with zero attached hydrogens (tertiary/aromatic N) is 1. The molecule has 0 aliphatic heterocycles. The van der Waals surface area contributed by atoms with Gasteiger partial charge in [0.1, 0.15) is 0 Å². The highest BCUT2D eigenvalue weighted by Gasteiger charge is 2.51. The normalized spacial score (nSPS) is 41.7. The molecular weight excluding hydrogens is 283 g/mol. The van der Waals surface area contributed by atoms with Gasteiger partial charge in [0.25, 0.3) is 0 Å². The fourth-order valence-corrected chi connectivity index (χ4v) is 4.65. The molecule has 0 aromatic rings. The number of sulfonamides is 1. The van der Waals surface area contributed by atoms with Gasteiger partial charge in [-0.25, -0.2) is 8.42 Å². The Morgan fingerprint density at radius 2 is 1.42 bits per heavy atom. The lowest BCUT2D eigenvalue weighted by Gasteiger charge is -2.58. The van der Waals surface area contributed by atoms with Crippen LogP contribution in [0, 0.1) is 17.8 Å². The molecule has 0 radical (unpaired) electrons. The Hall–Kier alpha value is -0.340. The van der Waals surface area contributed by atoms with Gasteiger partial charge in [-0.3, -0.25) is 0 Å². The fourth-order valence-electron chi connectivity index (χ4n) is 4.31. The molecule has 4 bridgehead atoms. The van der Waals surface area contributed by atoms with Gasteiger partial charge in [0, 0.05) is 5.60 Å². The van der Waals surface area contributed by atoms with Gasteiger partial charge in [-0.2, -0.15) is 13.2 Å². The Morgan fingerprint density at radius 3 is 1.79 bits per heavy atom. The van der Waals surface area contributed by atoms with Crippen molar-refractivity contribution in [3.05, 3.63) is 4.89 Å². The highest BCUT2D eigenvalue weighted by Crippen LogP contribution is 2.57. The van der Waals surface area contributed by atoms with Gasteiger partial charge in [0.15, 0.2) is 10.0 Å². The molecule has 4 rings (SSSR count). The van der Waals surface area contributed by atoms with Crippen LogP contribution in [-0.2, 0) is 14.9 Å². The van der Waals surface area contributed by atoms with Crippen LogP contribution in [0.25, 0.3) is 4.89 Å². The van der Waals surface area contributed by atoms with Crippen LogP contribution in [0.5, 0.6) is 0 Å². The van der Waals surface area contributed by atoms with E-state index in [1.54, 1.807) is 0 Å². The standard InChI is InChI=1S/C11H15F3NO3S/c12-11(13,14)19(16,17)15-18-10-4-7-1-8(5-10)3-9(2-7)6-10/h7-9H,1-6H2/q-1. The largest absolute Gasteiger partial charge is 0.481 e. The highest BCUT2D eigenvalue weighted by atomic mass is 32.2. The second-order valence-electron chi connectivity index (χ2n) is 6.19. The fraction of sp³-hybridized carbons (Fsp3) is 1.00. The summed E-state index contributed by atoms with van der Waals surface area (Å²) in [6.07, 6.45) is 5.18. The minimum atomic E-state index is -5.54. The molecule has 0 aromatic heterocycles. The summed E-state index contributed by atoms with van der Waals surface area (Å²) in [6, 6.07) is 0. The van der Waals surface area contributed by atoms with Crippen LogP contribution >= 0.6 is 0 Å². The molecule has 4 fully saturated rings. The minimum absolute atomic E-state index is 0.454. The Morgan fingerprint density at radius 1 is 1.00 bits per heavy atom. The Labute approximate surface area is 109 Å². The lowest BCUT2D eigenvalue weighted by atomic mass is 9.54. The number of rotatable bonds is 3. The smallest absolute Gasteiger partial charge is 0.466 e. The molecule has 4 saturated carbocycles. The average Bonchev–Trinajstić information content (AvgIpc) is 2.23. The summed E-state index contributed by atoms with van der Waals surface area (Å²) in [6.45, 7) is 0. The SMILES string of the molecule is O=S(=O)([N-]OC12CC3CC(CC(C3)C1)C2)C(F)(F)F. The lowest BCUT2D eigenvalue weighted by molar-refractivity contribution is -0.135. The zero-order valence-corrected chi connectivity index (χ0v) is 11.0. The Balaban J connectivity index is 1.71. The van der Waals surface area contributed by atoms with Crippen LogP contribution in [0.2, 0.25) is 0 Å². The second kappa shape index (κ2) is 4.08. The van der Waals surface area contributed by atoms with E-state index in [0.717, 1.165) is 19.3 Å². The number of halogens is 3. The zero-order chi connectivity index (χ0) is 13.9. The van der Waals surface area contributed by atoms with Crippen molar-refractivity contribution >= 4 is 10.0 Å². The molecule has 0 spiro atoms. The van der Waals surface area contributed by atoms with Crippen molar-refractivity contribution in [2.45, 2.75) is 49.6 Å². The summed E-state index contributed by atoms with van der Waals surface area (Å²) in [5.41, 5.74) is -6.15.